The third-order valence-electron chi connectivity index (χ3n) is 5.29. The van der Waals surface area contributed by atoms with Gasteiger partial charge in [-0.3, -0.25) is 9.48 Å². The maximum absolute atomic E-state index is 12.6. The highest BCUT2D eigenvalue weighted by atomic mass is 19.4. The van der Waals surface area contributed by atoms with Gasteiger partial charge in [0.05, 0.1) is 30.4 Å². The Hall–Kier alpha value is -5.52. The van der Waals surface area contributed by atoms with Crippen LogP contribution in [0.5, 0.6) is 0 Å². The molecule has 3 N–H and O–H groups in total. The molecule has 1 amide bonds. The molecule has 12 nitrogen and oxygen atoms in total. The number of carboxylic acids is 1. The van der Waals surface area contributed by atoms with Gasteiger partial charge in [0.15, 0.2) is 5.82 Å². The maximum Gasteiger partial charge on any atom is 0.490 e. The Bertz CT molecular complexity index is 1640. The van der Waals surface area contributed by atoms with Crippen LogP contribution in [0.3, 0.4) is 0 Å². The summed E-state index contributed by atoms with van der Waals surface area (Å²) in [5.74, 6) is -2.76. The van der Waals surface area contributed by atoms with Crippen molar-refractivity contribution in [1.82, 2.24) is 29.9 Å². The first-order chi connectivity index (χ1) is 18.7. The number of nitriles is 1. The first-order valence-electron chi connectivity index (χ1n) is 11.0. The molecule has 4 heterocycles. The van der Waals surface area contributed by atoms with Crippen molar-refractivity contribution < 1.29 is 32.4 Å². The Morgan fingerprint density at radius 1 is 1.23 bits per heavy atom. The largest absolute Gasteiger partial charge is 0.490 e. The van der Waals surface area contributed by atoms with E-state index in [0.717, 1.165) is 27.9 Å². The van der Waals surface area contributed by atoms with Crippen molar-refractivity contribution in [2.24, 2.45) is 0 Å². The second kappa shape index (κ2) is 11.3. The van der Waals surface area contributed by atoms with E-state index in [9.17, 15) is 23.2 Å². The maximum atomic E-state index is 12.6. The van der Waals surface area contributed by atoms with E-state index in [0.29, 0.717) is 11.4 Å². The van der Waals surface area contributed by atoms with Gasteiger partial charge in [0.25, 0.3) is 5.91 Å². The number of nitrogens with zero attached hydrogens (tertiary/aromatic N) is 6. The van der Waals surface area contributed by atoms with Crippen LogP contribution < -0.4 is 5.32 Å². The van der Waals surface area contributed by atoms with Gasteiger partial charge < -0.3 is 19.9 Å². The van der Waals surface area contributed by atoms with Crippen LogP contribution in [0.25, 0.3) is 22.3 Å². The van der Waals surface area contributed by atoms with E-state index in [1.54, 1.807) is 41.3 Å². The van der Waals surface area contributed by atoms with Gasteiger partial charge in [-0.15, -0.1) is 0 Å². The van der Waals surface area contributed by atoms with E-state index in [4.69, 9.17) is 14.4 Å². The molecule has 5 aromatic rings. The Morgan fingerprint density at radius 3 is 2.72 bits per heavy atom. The number of H-pyrrole nitrogens is 1. The topological polar surface area (TPSA) is 176 Å². The molecular weight excluding hydrogens is 521 g/mol. The number of rotatable bonds is 6. The van der Waals surface area contributed by atoms with Crippen molar-refractivity contribution >= 4 is 28.7 Å². The van der Waals surface area contributed by atoms with E-state index >= 15 is 0 Å². The summed E-state index contributed by atoms with van der Waals surface area (Å²) >= 11 is 0. The number of aliphatic carboxylic acids is 1. The fourth-order valence-electron chi connectivity index (χ4n) is 3.54. The SMILES string of the molecule is N#CCC(c1cccc(C(=O)Nc2ccon2)c1)n1cc(-c2ncnc3[nH]ccc23)cn1.O=C(O)C(F)(F)F. The van der Waals surface area contributed by atoms with Crippen LogP contribution in [0.1, 0.15) is 28.4 Å². The first kappa shape index (κ1) is 26.5. The fourth-order valence-corrected chi connectivity index (χ4v) is 3.54. The zero-order valence-corrected chi connectivity index (χ0v) is 19.6. The standard InChI is InChI=1S/C22H16N8O2.C2HF3O2/c23-7-4-18(14-2-1-3-15(10-14)22(31)28-19-6-9-32-29-19)30-12-16(11-27-30)20-17-5-8-24-21(17)26-13-25-20;3-2(4,5)1(6)7/h1-3,5-6,8-13,18H,4H2,(H,24,25,26)(H,28,29,31);(H,6,7). The molecule has 15 heteroatoms. The highest BCUT2D eigenvalue weighted by Crippen LogP contribution is 2.28. The number of aromatic nitrogens is 6. The number of halogens is 3. The molecule has 0 spiro atoms. The van der Waals surface area contributed by atoms with Gasteiger partial charge in [-0.2, -0.15) is 23.5 Å². The number of carbonyl (C=O) groups is 2. The van der Waals surface area contributed by atoms with E-state index in [1.165, 1.54) is 12.6 Å². The minimum Gasteiger partial charge on any atom is -0.475 e. The normalized spacial score (nSPS) is 11.7. The zero-order chi connectivity index (χ0) is 28.0. The van der Waals surface area contributed by atoms with Crippen LogP contribution in [-0.4, -0.2) is 53.0 Å². The Morgan fingerprint density at radius 2 is 2.03 bits per heavy atom. The molecule has 4 aromatic heterocycles. The predicted molar refractivity (Wildman–Crippen MR) is 128 cm³/mol. The summed E-state index contributed by atoms with van der Waals surface area (Å²) < 4.78 is 38.2. The number of carboxylic acid groups (broad SMARTS) is 1. The van der Waals surface area contributed by atoms with Gasteiger partial charge in [-0.1, -0.05) is 17.3 Å². The third kappa shape index (κ3) is 6.25. The lowest BCUT2D eigenvalue weighted by atomic mass is 10.0. The van der Waals surface area contributed by atoms with E-state index in [1.807, 2.05) is 18.3 Å². The van der Waals surface area contributed by atoms with Crippen LogP contribution in [0.15, 0.2) is 72.1 Å². The summed E-state index contributed by atoms with van der Waals surface area (Å²) in [5, 5.41) is 28.3. The van der Waals surface area contributed by atoms with Crippen LogP contribution in [0.2, 0.25) is 0 Å². The third-order valence-corrected chi connectivity index (χ3v) is 5.29. The average Bonchev–Trinajstić information content (AvgIpc) is 3.69. The van der Waals surface area contributed by atoms with Crippen LogP contribution in [0.4, 0.5) is 19.0 Å². The number of carbonyl (C=O) groups excluding carboxylic acids is 1. The van der Waals surface area contributed by atoms with Crippen LogP contribution in [-0.2, 0) is 4.79 Å². The number of hydrogen-bond donors (Lipinski definition) is 3. The summed E-state index contributed by atoms with van der Waals surface area (Å²) in [5.41, 5.74) is 3.51. The second-order valence-corrected chi connectivity index (χ2v) is 7.82. The molecule has 0 bridgehead atoms. The number of anilines is 1. The number of benzene rings is 1. The molecule has 1 unspecified atom stereocenters. The average molecular weight is 538 g/mol. The summed E-state index contributed by atoms with van der Waals surface area (Å²) in [6.07, 6.45) is 3.33. The first-order valence-corrected chi connectivity index (χ1v) is 11.0. The summed E-state index contributed by atoms with van der Waals surface area (Å²) in [7, 11) is 0. The van der Waals surface area contributed by atoms with Gasteiger partial charge in [0.2, 0.25) is 0 Å². The summed E-state index contributed by atoms with van der Waals surface area (Å²) in [6, 6.07) is 12.4. The molecule has 0 aliphatic rings. The minimum absolute atomic E-state index is 0.179. The Kier molecular flexibility index (Phi) is 7.66. The molecule has 1 aromatic carbocycles. The monoisotopic (exact) mass is 538 g/mol. The fraction of sp³-hybridized carbons (Fsp3) is 0.125. The molecule has 0 aliphatic carbocycles. The molecule has 0 radical (unpaired) electrons. The van der Waals surface area contributed by atoms with Gasteiger partial charge in [-0.25, -0.2) is 14.8 Å². The number of nitrogens with one attached hydrogen (secondary N) is 2. The number of alkyl halides is 3. The quantitative estimate of drug-likeness (QED) is 0.286. The van der Waals surface area contributed by atoms with Crippen LogP contribution in [0, 0.1) is 11.3 Å². The van der Waals surface area contributed by atoms with Crippen molar-refractivity contribution in [3.63, 3.8) is 0 Å². The summed E-state index contributed by atoms with van der Waals surface area (Å²) in [4.78, 5) is 33.1. The van der Waals surface area contributed by atoms with Crippen LogP contribution >= 0.6 is 0 Å². The van der Waals surface area contributed by atoms with E-state index < -0.39 is 12.1 Å². The van der Waals surface area contributed by atoms with Gasteiger partial charge >= 0.3 is 12.1 Å². The highest BCUT2D eigenvalue weighted by molar-refractivity contribution is 6.03. The Balaban J connectivity index is 0.000000448. The molecule has 0 aliphatic heterocycles. The number of hydrogen-bond acceptors (Lipinski definition) is 8. The van der Waals surface area contributed by atoms with Gasteiger partial charge in [0.1, 0.15) is 18.2 Å². The predicted octanol–water partition coefficient (Wildman–Crippen LogP) is 4.20. The number of amides is 1. The zero-order valence-electron chi connectivity index (χ0n) is 19.6. The lowest BCUT2D eigenvalue weighted by molar-refractivity contribution is -0.192. The molecule has 0 saturated carbocycles. The van der Waals surface area contributed by atoms with E-state index in [-0.39, 0.29) is 18.4 Å². The number of aromatic amines is 1. The van der Waals surface area contributed by atoms with Crippen molar-refractivity contribution in [2.45, 2.75) is 18.6 Å². The highest BCUT2D eigenvalue weighted by Gasteiger charge is 2.38. The summed E-state index contributed by atoms with van der Waals surface area (Å²) in [6.45, 7) is 0. The van der Waals surface area contributed by atoms with Crippen molar-refractivity contribution in [3.05, 3.63) is 78.7 Å². The molecule has 39 heavy (non-hydrogen) atoms. The molecule has 198 valence electrons. The molecular formula is C24H17F3N8O4. The van der Waals surface area contributed by atoms with Crippen molar-refractivity contribution in [2.75, 3.05) is 5.32 Å². The lowest BCUT2D eigenvalue weighted by Gasteiger charge is -2.16. The number of fused-ring (bicyclic) bond motifs is 1. The second-order valence-electron chi connectivity index (χ2n) is 7.82. The Labute approximate surface area is 216 Å². The molecule has 0 fully saturated rings. The minimum atomic E-state index is -5.08. The van der Waals surface area contributed by atoms with Gasteiger partial charge in [-0.05, 0) is 23.8 Å². The molecule has 5 rings (SSSR count). The van der Waals surface area contributed by atoms with Gasteiger partial charge in [0, 0.05) is 35.0 Å². The van der Waals surface area contributed by atoms with E-state index in [2.05, 4.69) is 36.6 Å². The molecule has 1 atom stereocenters. The smallest absolute Gasteiger partial charge is 0.475 e. The van der Waals surface area contributed by atoms with Crippen molar-refractivity contribution in [1.29, 1.82) is 5.26 Å². The van der Waals surface area contributed by atoms with Crippen molar-refractivity contribution in [3.8, 4) is 17.3 Å². The lowest BCUT2D eigenvalue weighted by Crippen LogP contribution is -2.21. The molecule has 0 saturated heterocycles.